The van der Waals surface area contributed by atoms with Crippen LogP contribution in [-0.4, -0.2) is 56.3 Å². The third kappa shape index (κ3) is 4.51. The second kappa shape index (κ2) is 8.64. The van der Waals surface area contributed by atoms with Crippen molar-refractivity contribution in [3.05, 3.63) is 26.4 Å². The third-order valence-corrected chi connectivity index (χ3v) is 7.43. The summed E-state index contributed by atoms with van der Waals surface area (Å²) in [7, 11) is 5.26. The van der Waals surface area contributed by atoms with Crippen molar-refractivity contribution in [3.8, 4) is 11.4 Å². The molecule has 0 aliphatic carbocycles. The van der Waals surface area contributed by atoms with E-state index in [9.17, 15) is 9.59 Å². The zero-order valence-electron chi connectivity index (χ0n) is 17.1. The van der Waals surface area contributed by atoms with Gasteiger partial charge in [0.15, 0.2) is 16.1 Å². The highest BCUT2D eigenvalue weighted by Gasteiger charge is 2.19. The SMILES string of the molecule is Cc1nc(NC(=O)CSc2nnc(-c3csc(C)c3C)n2C)sc1C(=O)N(C)C. The third-order valence-electron chi connectivity index (χ3n) is 4.34. The molecular weight excluding hydrogens is 428 g/mol. The van der Waals surface area contributed by atoms with Crippen molar-refractivity contribution in [2.75, 3.05) is 25.2 Å². The molecule has 11 heteroatoms. The lowest BCUT2D eigenvalue weighted by molar-refractivity contribution is -0.113. The predicted octanol–water partition coefficient (Wildman–Crippen LogP) is 3.36. The fraction of sp³-hybridized carbons (Fsp3) is 0.389. The van der Waals surface area contributed by atoms with Gasteiger partial charge in [0.1, 0.15) is 4.88 Å². The molecule has 3 rings (SSSR count). The van der Waals surface area contributed by atoms with Crippen LogP contribution in [0.4, 0.5) is 5.13 Å². The maximum absolute atomic E-state index is 12.3. The Kier molecular flexibility index (Phi) is 6.39. The van der Waals surface area contributed by atoms with Crippen molar-refractivity contribution in [2.24, 2.45) is 7.05 Å². The molecule has 0 fully saturated rings. The number of aromatic nitrogens is 4. The zero-order chi connectivity index (χ0) is 21.3. The van der Waals surface area contributed by atoms with E-state index >= 15 is 0 Å². The molecule has 0 atom stereocenters. The Labute approximate surface area is 181 Å². The Hall–Kier alpha value is -2.24. The van der Waals surface area contributed by atoms with Gasteiger partial charge in [0, 0.05) is 37.0 Å². The van der Waals surface area contributed by atoms with E-state index in [1.807, 2.05) is 11.6 Å². The number of nitrogens with one attached hydrogen (secondary N) is 1. The molecule has 2 amide bonds. The summed E-state index contributed by atoms with van der Waals surface area (Å²) < 4.78 is 1.90. The molecule has 3 heterocycles. The second-order valence-corrected chi connectivity index (χ2v) is 9.69. The molecule has 8 nitrogen and oxygen atoms in total. The quantitative estimate of drug-likeness (QED) is 0.579. The van der Waals surface area contributed by atoms with E-state index in [-0.39, 0.29) is 17.6 Å². The molecule has 0 radical (unpaired) electrons. The Bertz CT molecular complexity index is 1070. The summed E-state index contributed by atoms with van der Waals surface area (Å²) in [5.74, 6) is 0.626. The van der Waals surface area contributed by atoms with Crippen LogP contribution in [0, 0.1) is 20.8 Å². The Morgan fingerprint density at radius 3 is 2.59 bits per heavy atom. The molecule has 0 aromatic carbocycles. The van der Waals surface area contributed by atoms with Crippen LogP contribution in [0.15, 0.2) is 10.5 Å². The summed E-state index contributed by atoms with van der Waals surface area (Å²) in [5.41, 5.74) is 2.87. The van der Waals surface area contributed by atoms with Crippen LogP contribution in [0.25, 0.3) is 11.4 Å². The first-order chi connectivity index (χ1) is 13.7. The van der Waals surface area contributed by atoms with Gasteiger partial charge in [-0.3, -0.25) is 9.59 Å². The number of thioether (sulfide) groups is 1. The molecule has 0 aliphatic heterocycles. The summed E-state index contributed by atoms with van der Waals surface area (Å²) >= 11 is 4.17. The lowest BCUT2D eigenvalue weighted by Crippen LogP contribution is -2.21. The maximum Gasteiger partial charge on any atom is 0.265 e. The van der Waals surface area contributed by atoms with Crippen molar-refractivity contribution in [1.29, 1.82) is 0 Å². The minimum atomic E-state index is -0.209. The van der Waals surface area contributed by atoms with Crippen LogP contribution in [0.1, 0.15) is 25.8 Å². The van der Waals surface area contributed by atoms with E-state index in [0.717, 1.165) is 11.4 Å². The van der Waals surface area contributed by atoms with Crippen LogP contribution in [0.3, 0.4) is 0 Å². The standard InChI is InChI=1S/C18H22N6O2S3/c1-9-11(3)27-7-12(9)15-21-22-18(24(15)6)28-8-13(25)20-17-19-10(2)14(29-17)16(26)23(4)5/h7H,8H2,1-6H3,(H,19,20,25). The average molecular weight is 451 g/mol. The molecule has 0 spiro atoms. The number of anilines is 1. The largest absolute Gasteiger partial charge is 0.344 e. The Morgan fingerprint density at radius 1 is 1.24 bits per heavy atom. The predicted molar refractivity (Wildman–Crippen MR) is 118 cm³/mol. The van der Waals surface area contributed by atoms with Crippen LogP contribution < -0.4 is 5.32 Å². The number of aryl methyl sites for hydroxylation is 2. The van der Waals surface area contributed by atoms with E-state index in [1.165, 1.54) is 38.4 Å². The molecule has 3 aromatic heterocycles. The van der Waals surface area contributed by atoms with E-state index in [2.05, 4.69) is 39.7 Å². The zero-order valence-corrected chi connectivity index (χ0v) is 19.5. The van der Waals surface area contributed by atoms with Crippen molar-refractivity contribution >= 4 is 51.4 Å². The first kappa shape index (κ1) is 21.5. The number of carbonyl (C=O) groups is 2. The summed E-state index contributed by atoms with van der Waals surface area (Å²) in [6, 6.07) is 0. The molecule has 0 aliphatic rings. The lowest BCUT2D eigenvalue weighted by Gasteiger charge is -2.07. The minimum Gasteiger partial charge on any atom is -0.344 e. The number of amides is 2. The molecule has 154 valence electrons. The molecule has 0 bridgehead atoms. The van der Waals surface area contributed by atoms with E-state index in [4.69, 9.17) is 0 Å². The van der Waals surface area contributed by atoms with Gasteiger partial charge in [0.05, 0.1) is 11.4 Å². The first-order valence-corrected chi connectivity index (χ1v) is 11.4. The molecule has 3 aromatic rings. The molecule has 1 N–H and O–H groups in total. The summed E-state index contributed by atoms with van der Waals surface area (Å²) in [6.45, 7) is 5.91. The van der Waals surface area contributed by atoms with Crippen molar-refractivity contribution in [2.45, 2.75) is 25.9 Å². The summed E-state index contributed by atoms with van der Waals surface area (Å²) in [4.78, 5) is 32.0. The lowest BCUT2D eigenvalue weighted by atomic mass is 10.2. The van der Waals surface area contributed by atoms with Gasteiger partial charge in [-0.25, -0.2) is 4.98 Å². The summed E-state index contributed by atoms with van der Waals surface area (Å²) in [5, 5.41) is 14.4. The number of nitrogens with zero attached hydrogens (tertiary/aromatic N) is 5. The maximum atomic E-state index is 12.3. The molecule has 0 saturated heterocycles. The average Bonchev–Trinajstić information content (AvgIpc) is 3.31. The van der Waals surface area contributed by atoms with Crippen LogP contribution in [0.2, 0.25) is 0 Å². The van der Waals surface area contributed by atoms with Crippen LogP contribution >= 0.6 is 34.4 Å². The number of thiophene rings is 1. The van der Waals surface area contributed by atoms with Crippen LogP contribution in [0.5, 0.6) is 0 Å². The highest BCUT2D eigenvalue weighted by atomic mass is 32.2. The molecule has 0 unspecified atom stereocenters. The van der Waals surface area contributed by atoms with E-state index < -0.39 is 0 Å². The van der Waals surface area contributed by atoms with Crippen molar-refractivity contribution in [1.82, 2.24) is 24.6 Å². The molecular formula is C18H22N6O2S3. The van der Waals surface area contributed by atoms with Gasteiger partial charge in [-0.2, -0.15) is 0 Å². The topological polar surface area (TPSA) is 93.0 Å². The fourth-order valence-electron chi connectivity index (χ4n) is 2.55. The van der Waals surface area contributed by atoms with Gasteiger partial charge >= 0.3 is 0 Å². The number of hydrogen-bond donors (Lipinski definition) is 1. The van der Waals surface area contributed by atoms with Crippen molar-refractivity contribution in [3.63, 3.8) is 0 Å². The monoisotopic (exact) mass is 450 g/mol. The highest BCUT2D eigenvalue weighted by molar-refractivity contribution is 7.99. The molecule has 0 saturated carbocycles. The Morgan fingerprint density at radius 2 is 1.97 bits per heavy atom. The number of hydrogen-bond acceptors (Lipinski definition) is 8. The van der Waals surface area contributed by atoms with E-state index in [1.54, 1.807) is 32.4 Å². The van der Waals surface area contributed by atoms with Gasteiger partial charge < -0.3 is 14.8 Å². The van der Waals surface area contributed by atoms with Crippen molar-refractivity contribution < 1.29 is 9.59 Å². The summed E-state index contributed by atoms with van der Waals surface area (Å²) in [6.07, 6.45) is 0. The smallest absolute Gasteiger partial charge is 0.265 e. The first-order valence-electron chi connectivity index (χ1n) is 8.75. The number of carbonyl (C=O) groups excluding carboxylic acids is 2. The number of rotatable bonds is 6. The number of thiazole rings is 1. The van der Waals surface area contributed by atoms with Gasteiger partial charge in [-0.15, -0.1) is 21.5 Å². The molecule has 29 heavy (non-hydrogen) atoms. The Balaban J connectivity index is 1.64. The second-order valence-electron chi connectivity index (χ2n) is 6.67. The minimum absolute atomic E-state index is 0.125. The van der Waals surface area contributed by atoms with Gasteiger partial charge in [0.25, 0.3) is 5.91 Å². The van der Waals surface area contributed by atoms with Gasteiger partial charge in [-0.1, -0.05) is 23.1 Å². The normalized spacial score (nSPS) is 11.0. The highest BCUT2D eigenvalue weighted by Crippen LogP contribution is 2.31. The van der Waals surface area contributed by atoms with E-state index in [0.29, 0.717) is 20.9 Å². The fourth-order valence-corrected chi connectivity index (χ4v) is 5.12. The van der Waals surface area contributed by atoms with Crippen LogP contribution in [-0.2, 0) is 11.8 Å². The van der Waals surface area contributed by atoms with Gasteiger partial charge in [0.2, 0.25) is 5.91 Å². The van der Waals surface area contributed by atoms with Gasteiger partial charge in [-0.05, 0) is 26.3 Å².